The average molecular weight is 220 g/mol. The fourth-order valence-electron chi connectivity index (χ4n) is 1.44. The van der Waals surface area contributed by atoms with Crippen molar-refractivity contribution in [2.75, 3.05) is 0 Å². The van der Waals surface area contributed by atoms with Gasteiger partial charge >= 0.3 is 6.16 Å². The molecule has 0 aliphatic rings. The number of aromatic hydroxyl groups is 2. The maximum Gasteiger partial charge on any atom is 0.511 e. The molecule has 0 aromatic heterocycles. The molecule has 0 unspecified atom stereocenters. The van der Waals surface area contributed by atoms with E-state index in [2.05, 4.69) is 4.74 Å². The molecule has 0 amide bonds. The van der Waals surface area contributed by atoms with Gasteiger partial charge in [-0.05, 0) is 29.7 Å². The molecule has 5 heteroatoms. The monoisotopic (exact) mass is 220 g/mol. The summed E-state index contributed by atoms with van der Waals surface area (Å²) in [6, 6.07) is 7.21. The third-order valence-electron chi connectivity index (χ3n) is 2.15. The Kier molecular flexibility index (Phi) is 2.28. The van der Waals surface area contributed by atoms with E-state index in [0.29, 0.717) is 10.8 Å². The van der Waals surface area contributed by atoms with Crippen molar-refractivity contribution in [2.45, 2.75) is 0 Å². The predicted molar refractivity (Wildman–Crippen MR) is 55.9 cm³/mol. The van der Waals surface area contributed by atoms with Gasteiger partial charge in [-0.1, -0.05) is 6.07 Å². The molecule has 0 bridgehead atoms. The molecule has 0 fully saturated rings. The van der Waals surface area contributed by atoms with Crippen molar-refractivity contribution < 1.29 is 24.9 Å². The van der Waals surface area contributed by atoms with Crippen molar-refractivity contribution in [1.82, 2.24) is 0 Å². The van der Waals surface area contributed by atoms with Crippen LogP contribution < -0.4 is 4.74 Å². The van der Waals surface area contributed by atoms with Crippen LogP contribution in [-0.2, 0) is 0 Å². The normalized spacial score (nSPS) is 10.2. The summed E-state index contributed by atoms with van der Waals surface area (Å²) in [5, 5.41) is 28.2. The molecule has 82 valence electrons. The van der Waals surface area contributed by atoms with E-state index in [0.717, 1.165) is 0 Å². The molecule has 0 saturated carbocycles. The third kappa shape index (κ3) is 1.70. The van der Waals surface area contributed by atoms with Gasteiger partial charge in [-0.2, -0.15) is 0 Å². The van der Waals surface area contributed by atoms with Gasteiger partial charge in [-0.3, -0.25) is 0 Å². The van der Waals surface area contributed by atoms with E-state index in [1.165, 1.54) is 24.3 Å². The van der Waals surface area contributed by atoms with Gasteiger partial charge in [0.2, 0.25) is 0 Å². The first kappa shape index (κ1) is 10.1. The molecule has 0 radical (unpaired) electrons. The molecule has 0 atom stereocenters. The minimum atomic E-state index is -1.40. The smallest absolute Gasteiger partial charge is 0.504 e. The summed E-state index contributed by atoms with van der Waals surface area (Å²) in [7, 11) is 0. The van der Waals surface area contributed by atoms with Crippen LogP contribution in [-0.4, -0.2) is 21.5 Å². The molecule has 0 spiro atoms. The Morgan fingerprint density at radius 1 is 1.12 bits per heavy atom. The minimum Gasteiger partial charge on any atom is -0.504 e. The van der Waals surface area contributed by atoms with Crippen molar-refractivity contribution >= 4 is 16.9 Å². The van der Waals surface area contributed by atoms with Crippen LogP contribution in [0.2, 0.25) is 0 Å². The van der Waals surface area contributed by atoms with Gasteiger partial charge in [0.1, 0.15) is 5.75 Å². The van der Waals surface area contributed by atoms with Crippen LogP contribution in [0.3, 0.4) is 0 Å². The Labute approximate surface area is 90.1 Å². The minimum absolute atomic E-state index is 0.157. The van der Waals surface area contributed by atoms with Gasteiger partial charge in [0.05, 0.1) is 0 Å². The second kappa shape index (κ2) is 3.62. The highest BCUT2D eigenvalue weighted by atomic mass is 16.7. The molecule has 2 aromatic rings. The Balaban J connectivity index is 2.56. The van der Waals surface area contributed by atoms with E-state index in [1.54, 1.807) is 6.07 Å². The standard InChI is InChI=1S/C11H8O5/c12-9-4-1-6-5-7(16-11(14)15)2-3-8(6)10(9)13/h1-5,12-13H,(H,14,15). The summed E-state index contributed by atoms with van der Waals surface area (Å²) in [4.78, 5) is 10.3. The summed E-state index contributed by atoms with van der Waals surface area (Å²) in [6.07, 6.45) is -1.40. The van der Waals surface area contributed by atoms with Crippen molar-refractivity contribution in [1.29, 1.82) is 0 Å². The molecule has 2 rings (SSSR count). The van der Waals surface area contributed by atoms with Crippen LogP contribution >= 0.6 is 0 Å². The Bertz CT molecular complexity index is 562. The lowest BCUT2D eigenvalue weighted by Gasteiger charge is -2.05. The van der Waals surface area contributed by atoms with E-state index in [-0.39, 0.29) is 17.2 Å². The second-order valence-electron chi connectivity index (χ2n) is 3.18. The highest BCUT2D eigenvalue weighted by molar-refractivity contribution is 5.91. The molecule has 2 aromatic carbocycles. The van der Waals surface area contributed by atoms with E-state index >= 15 is 0 Å². The van der Waals surface area contributed by atoms with Gasteiger partial charge in [-0.15, -0.1) is 0 Å². The Morgan fingerprint density at radius 2 is 1.88 bits per heavy atom. The molecular formula is C11H8O5. The summed E-state index contributed by atoms with van der Waals surface area (Å²) >= 11 is 0. The van der Waals surface area contributed by atoms with Crippen molar-refractivity contribution in [3.05, 3.63) is 30.3 Å². The van der Waals surface area contributed by atoms with Gasteiger partial charge < -0.3 is 20.1 Å². The molecule has 0 saturated heterocycles. The third-order valence-corrected chi connectivity index (χ3v) is 2.15. The highest BCUT2D eigenvalue weighted by Gasteiger charge is 2.07. The summed E-state index contributed by atoms with van der Waals surface area (Å²) in [5.41, 5.74) is 0. The van der Waals surface area contributed by atoms with Crippen LogP contribution in [0.5, 0.6) is 17.2 Å². The number of hydrogen-bond acceptors (Lipinski definition) is 4. The lowest BCUT2D eigenvalue weighted by Crippen LogP contribution is -2.02. The fourth-order valence-corrected chi connectivity index (χ4v) is 1.44. The molecule has 5 nitrogen and oxygen atoms in total. The molecule has 0 heterocycles. The lowest BCUT2D eigenvalue weighted by atomic mass is 10.1. The maximum absolute atomic E-state index is 10.3. The van der Waals surface area contributed by atoms with Crippen LogP contribution in [0.15, 0.2) is 30.3 Å². The molecule has 3 N–H and O–H groups in total. The van der Waals surface area contributed by atoms with E-state index in [1.807, 2.05) is 0 Å². The number of benzene rings is 2. The molecule has 0 aliphatic carbocycles. The van der Waals surface area contributed by atoms with Crippen LogP contribution in [0, 0.1) is 0 Å². The van der Waals surface area contributed by atoms with Crippen LogP contribution in [0.1, 0.15) is 0 Å². The summed E-state index contributed by atoms with van der Waals surface area (Å²) in [5.74, 6) is -0.302. The number of phenolic OH excluding ortho intramolecular Hbond substituents is 2. The largest absolute Gasteiger partial charge is 0.511 e. The predicted octanol–water partition coefficient (Wildman–Crippen LogP) is 2.31. The summed E-state index contributed by atoms with van der Waals surface area (Å²) < 4.78 is 4.46. The van der Waals surface area contributed by atoms with Gasteiger partial charge in [0, 0.05) is 5.39 Å². The Morgan fingerprint density at radius 3 is 2.56 bits per heavy atom. The van der Waals surface area contributed by atoms with Gasteiger partial charge in [0.15, 0.2) is 11.5 Å². The zero-order valence-electron chi connectivity index (χ0n) is 8.04. The van der Waals surface area contributed by atoms with E-state index in [4.69, 9.17) is 5.11 Å². The van der Waals surface area contributed by atoms with E-state index < -0.39 is 6.16 Å². The first-order valence-corrected chi connectivity index (χ1v) is 4.43. The molecule has 16 heavy (non-hydrogen) atoms. The lowest BCUT2D eigenvalue weighted by molar-refractivity contribution is 0.144. The number of rotatable bonds is 1. The van der Waals surface area contributed by atoms with Crippen molar-refractivity contribution in [3.8, 4) is 17.2 Å². The first-order valence-electron chi connectivity index (χ1n) is 4.43. The maximum atomic E-state index is 10.3. The quantitative estimate of drug-likeness (QED) is 0.390. The number of carbonyl (C=O) groups is 1. The van der Waals surface area contributed by atoms with Gasteiger partial charge in [0.25, 0.3) is 0 Å². The molecular weight excluding hydrogens is 212 g/mol. The number of phenols is 2. The van der Waals surface area contributed by atoms with Crippen molar-refractivity contribution in [2.24, 2.45) is 0 Å². The SMILES string of the molecule is O=C(O)Oc1ccc2c(O)c(O)ccc2c1. The van der Waals surface area contributed by atoms with Gasteiger partial charge in [-0.25, -0.2) is 4.79 Å². The highest BCUT2D eigenvalue weighted by Crippen LogP contribution is 2.34. The second-order valence-corrected chi connectivity index (χ2v) is 3.18. The Hall–Kier alpha value is -2.43. The first-order chi connectivity index (χ1) is 7.58. The zero-order valence-corrected chi connectivity index (χ0v) is 8.04. The van der Waals surface area contributed by atoms with Crippen LogP contribution in [0.25, 0.3) is 10.8 Å². The molecule has 0 aliphatic heterocycles. The zero-order chi connectivity index (χ0) is 11.7. The van der Waals surface area contributed by atoms with E-state index in [9.17, 15) is 15.0 Å². The van der Waals surface area contributed by atoms with Crippen LogP contribution in [0.4, 0.5) is 4.79 Å². The number of carboxylic acid groups (broad SMARTS) is 1. The summed E-state index contributed by atoms with van der Waals surface area (Å²) in [6.45, 7) is 0. The average Bonchev–Trinajstić information content (AvgIpc) is 2.23. The number of hydrogen-bond donors (Lipinski definition) is 3. The topological polar surface area (TPSA) is 87.0 Å². The fraction of sp³-hybridized carbons (Fsp3) is 0. The number of fused-ring (bicyclic) bond motifs is 1. The van der Waals surface area contributed by atoms with Crippen molar-refractivity contribution in [3.63, 3.8) is 0 Å². The number of ether oxygens (including phenoxy) is 1.